The molecule has 1 saturated carbocycles. The highest BCUT2D eigenvalue weighted by atomic mass is 32.2. The van der Waals surface area contributed by atoms with Crippen LogP contribution in [0.1, 0.15) is 42.9 Å². The molecule has 1 aromatic carbocycles. The lowest BCUT2D eigenvalue weighted by Gasteiger charge is -2.16. The molecule has 0 bridgehead atoms. The average molecular weight is 514 g/mol. The van der Waals surface area contributed by atoms with Crippen molar-refractivity contribution in [2.45, 2.75) is 49.8 Å². The zero-order valence-electron chi connectivity index (χ0n) is 20.1. The van der Waals surface area contributed by atoms with E-state index in [0.29, 0.717) is 11.2 Å². The Hall–Kier alpha value is -3.55. The summed E-state index contributed by atoms with van der Waals surface area (Å²) in [5, 5.41) is 21.6. The highest BCUT2D eigenvalue weighted by Crippen LogP contribution is 2.36. The van der Waals surface area contributed by atoms with Gasteiger partial charge < -0.3 is 14.9 Å². The second-order valence-electron chi connectivity index (χ2n) is 9.46. The smallest absolute Gasteiger partial charge is 0.263 e. The van der Waals surface area contributed by atoms with E-state index in [1.165, 1.54) is 22.8 Å². The molecule has 3 aromatic heterocycles. The summed E-state index contributed by atoms with van der Waals surface area (Å²) in [5.41, 5.74) is 0.848. The van der Waals surface area contributed by atoms with Gasteiger partial charge in [-0.05, 0) is 44.9 Å². The first-order valence-electron chi connectivity index (χ1n) is 11.4. The lowest BCUT2D eigenvalue weighted by molar-refractivity contribution is 0.151. The van der Waals surface area contributed by atoms with Crippen molar-refractivity contribution in [3.05, 3.63) is 64.0 Å². The number of aliphatic hydroxyl groups is 1. The Kier molecular flexibility index (Phi) is 5.93. The van der Waals surface area contributed by atoms with Gasteiger partial charge in [-0.3, -0.25) is 14.0 Å². The van der Waals surface area contributed by atoms with Crippen LogP contribution >= 0.6 is 0 Å². The van der Waals surface area contributed by atoms with Crippen LogP contribution in [-0.4, -0.2) is 50.1 Å². The molecule has 4 aromatic rings. The molecule has 5 rings (SSSR count). The molecule has 1 aliphatic carbocycles. The van der Waals surface area contributed by atoms with Gasteiger partial charge in [-0.1, -0.05) is 5.16 Å². The first-order valence-corrected chi connectivity index (χ1v) is 12.9. The number of aromatic nitrogens is 5. The predicted molar refractivity (Wildman–Crippen MR) is 131 cm³/mol. The van der Waals surface area contributed by atoms with Crippen molar-refractivity contribution in [3.63, 3.8) is 0 Å². The van der Waals surface area contributed by atoms with E-state index in [0.717, 1.165) is 18.4 Å². The Balaban J connectivity index is 1.53. The molecule has 0 saturated heterocycles. The standard InChI is InChI=1S/C23H27N7O5S/c1-14-8-20(35-27-14)19(31)11-24-22-26-18-5-4-16(36(33,34)28-23(2)6-7-23)9-17(18)21(32)30(22)13-15-10-25-29(3)12-15/h4-5,8-10,12,19,28,31H,6-7,11,13H2,1-3H3,(H,24,26). The van der Waals surface area contributed by atoms with E-state index in [9.17, 15) is 18.3 Å². The number of rotatable bonds is 9. The number of aryl methyl sites for hydroxylation is 2. The van der Waals surface area contributed by atoms with Gasteiger partial charge in [0.15, 0.2) is 5.76 Å². The number of aliphatic hydroxyl groups excluding tert-OH is 1. The second-order valence-corrected chi connectivity index (χ2v) is 11.1. The third kappa shape index (κ3) is 4.90. The van der Waals surface area contributed by atoms with Crippen LogP contribution in [0.2, 0.25) is 0 Å². The molecule has 0 amide bonds. The fraction of sp³-hybridized carbons (Fsp3) is 0.391. The topological polar surface area (TPSA) is 157 Å². The van der Waals surface area contributed by atoms with Crippen molar-refractivity contribution >= 4 is 26.9 Å². The number of nitrogens with one attached hydrogen (secondary N) is 2. The molecule has 1 unspecified atom stereocenters. The third-order valence-corrected chi connectivity index (χ3v) is 7.78. The average Bonchev–Trinajstić information content (AvgIpc) is 3.17. The SMILES string of the molecule is Cc1cc(C(O)CNc2nc3ccc(S(=O)(=O)NC4(C)CC4)cc3c(=O)n2Cc2cnn(C)c2)on1. The summed E-state index contributed by atoms with van der Waals surface area (Å²) in [6.45, 7) is 3.75. The molecule has 1 atom stereocenters. The van der Waals surface area contributed by atoms with Crippen molar-refractivity contribution < 1.29 is 18.0 Å². The Bertz CT molecular complexity index is 1600. The van der Waals surface area contributed by atoms with Gasteiger partial charge in [-0.15, -0.1) is 0 Å². The van der Waals surface area contributed by atoms with E-state index in [2.05, 4.69) is 25.3 Å². The minimum Gasteiger partial charge on any atom is -0.383 e. The van der Waals surface area contributed by atoms with Gasteiger partial charge >= 0.3 is 0 Å². The summed E-state index contributed by atoms with van der Waals surface area (Å²) in [7, 11) is -2.03. The number of benzene rings is 1. The van der Waals surface area contributed by atoms with Crippen LogP contribution < -0.4 is 15.6 Å². The maximum absolute atomic E-state index is 13.6. The molecule has 3 N–H and O–H groups in total. The molecule has 0 aliphatic heterocycles. The van der Waals surface area contributed by atoms with Crippen LogP contribution in [0, 0.1) is 6.92 Å². The maximum Gasteiger partial charge on any atom is 0.263 e. The zero-order chi connectivity index (χ0) is 25.7. The van der Waals surface area contributed by atoms with Crippen molar-refractivity contribution in [1.82, 2.24) is 29.2 Å². The minimum absolute atomic E-state index is 0.00627. The van der Waals surface area contributed by atoms with Crippen molar-refractivity contribution in [3.8, 4) is 0 Å². The summed E-state index contributed by atoms with van der Waals surface area (Å²) in [5.74, 6) is 0.500. The Labute approximate surface area is 207 Å². The number of nitrogens with zero attached hydrogens (tertiary/aromatic N) is 5. The van der Waals surface area contributed by atoms with E-state index in [-0.39, 0.29) is 35.1 Å². The van der Waals surface area contributed by atoms with Crippen LogP contribution in [0.4, 0.5) is 5.95 Å². The lowest BCUT2D eigenvalue weighted by Crippen LogP contribution is -2.34. The van der Waals surface area contributed by atoms with Crippen LogP contribution in [0.15, 0.2) is 50.9 Å². The van der Waals surface area contributed by atoms with E-state index < -0.39 is 27.2 Å². The van der Waals surface area contributed by atoms with E-state index in [4.69, 9.17) is 4.52 Å². The molecule has 13 heteroatoms. The van der Waals surface area contributed by atoms with Crippen LogP contribution in [-0.2, 0) is 23.6 Å². The zero-order valence-corrected chi connectivity index (χ0v) is 20.9. The van der Waals surface area contributed by atoms with Gasteiger partial charge in [-0.25, -0.2) is 18.1 Å². The monoisotopic (exact) mass is 513 g/mol. The van der Waals surface area contributed by atoms with E-state index in [1.54, 1.807) is 37.1 Å². The molecule has 0 radical (unpaired) electrons. The number of hydrogen-bond acceptors (Lipinski definition) is 9. The van der Waals surface area contributed by atoms with Gasteiger partial charge in [0.2, 0.25) is 16.0 Å². The fourth-order valence-electron chi connectivity index (χ4n) is 3.89. The lowest BCUT2D eigenvalue weighted by atomic mass is 10.2. The summed E-state index contributed by atoms with van der Waals surface area (Å²) >= 11 is 0. The fourth-order valence-corrected chi connectivity index (χ4v) is 5.38. The molecule has 0 spiro atoms. The molecular formula is C23H27N7O5S. The quantitative estimate of drug-likeness (QED) is 0.301. The minimum atomic E-state index is -3.80. The summed E-state index contributed by atoms with van der Waals surface area (Å²) < 4.78 is 36.6. The highest BCUT2D eigenvalue weighted by Gasteiger charge is 2.41. The maximum atomic E-state index is 13.6. The third-order valence-electron chi connectivity index (χ3n) is 6.14. The normalized spacial score (nSPS) is 15.8. The van der Waals surface area contributed by atoms with Gasteiger partial charge in [-0.2, -0.15) is 5.10 Å². The second kappa shape index (κ2) is 8.84. The molecule has 190 valence electrons. The number of anilines is 1. The van der Waals surface area contributed by atoms with Gasteiger partial charge in [0.1, 0.15) is 6.10 Å². The van der Waals surface area contributed by atoms with Gasteiger partial charge in [0.05, 0.1) is 40.8 Å². The van der Waals surface area contributed by atoms with E-state index >= 15 is 0 Å². The molecule has 1 aliphatic rings. The Morgan fingerprint density at radius 1 is 1.28 bits per heavy atom. The van der Waals surface area contributed by atoms with Crippen molar-refractivity contribution in [2.24, 2.45) is 7.05 Å². The van der Waals surface area contributed by atoms with Crippen LogP contribution in [0.25, 0.3) is 10.9 Å². The van der Waals surface area contributed by atoms with Crippen molar-refractivity contribution in [2.75, 3.05) is 11.9 Å². The molecule has 36 heavy (non-hydrogen) atoms. The first kappa shape index (κ1) is 24.2. The summed E-state index contributed by atoms with van der Waals surface area (Å²) in [6.07, 6.45) is 3.93. The highest BCUT2D eigenvalue weighted by molar-refractivity contribution is 7.89. The molecule has 3 heterocycles. The molecule has 1 fully saturated rings. The van der Waals surface area contributed by atoms with Gasteiger partial charge in [0, 0.05) is 30.4 Å². The van der Waals surface area contributed by atoms with E-state index in [1.807, 2.05) is 6.92 Å². The predicted octanol–water partition coefficient (Wildman–Crippen LogP) is 1.45. The largest absolute Gasteiger partial charge is 0.383 e. The molecule has 12 nitrogen and oxygen atoms in total. The Morgan fingerprint density at radius 3 is 2.69 bits per heavy atom. The number of sulfonamides is 1. The molecular weight excluding hydrogens is 486 g/mol. The van der Waals surface area contributed by atoms with Crippen LogP contribution in [0.3, 0.4) is 0 Å². The summed E-state index contributed by atoms with van der Waals surface area (Å²) in [4.78, 5) is 18.2. The van der Waals surface area contributed by atoms with Crippen molar-refractivity contribution in [1.29, 1.82) is 0 Å². The van der Waals surface area contributed by atoms with Crippen LogP contribution in [0.5, 0.6) is 0 Å². The summed E-state index contributed by atoms with van der Waals surface area (Å²) in [6, 6.07) is 5.93. The number of fused-ring (bicyclic) bond motifs is 1. The number of hydrogen-bond donors (Lipinski definition) is 3. The van der Waals surface area contributed by atoms with Gasteiger partial charge in [0.25, 0.3) is 5.56 Å². The Morgan fingerprint density at radius 2 is 2.06 bits per heavy atom. The first-order chi connectivity index (χ1) is 17.0.